The number of aliphatic carboxylic acids is 2. The van der Waals surface area contributed by atoms with Crippen molar-refractivity contribution in [3.8, 4) is 0 Å². The molecular weight excluding hydrogens is 176 g/mol. The summed E-state index contributed by atoms with van der Waals surface area (Å²) in [7, 11) is 0.309. The predicted octanol–water partition coefficient (Wildman–Crippen LogP) is -0.274. The normalized spacial score (nSPS) is 16.9. The number of rotatable bonds is 3. The van der Waals surface area contributed by atoms with Crippen LogP contribution in [0.25, 0.3) is 0 Å². The molecule has 0 spiro atoms. The maximum atomic E-state index is 10.7. The molecule has 0 aromatic carbocycles. The van der Waals surface area contributed by atoms with E-state index in [-0.39, 0.29) is 0 Å². The number of hydrogen-bond acceptors (Lipinski definition) is 2. The lowest BCUT2D eigenvalue weighted by Gasteiger charge is -2.33. The van der Waals surface area contributed by atoms with E-state index >= 15 is 0 Å². The molecule has 0 saturated carbocycles. The van der Waals surface area contributed by atoms with Gasteiger partial charge in [0.25, 0.3) is 0 Å². The minimum atomic E-state index is -1.20. The quantitative estimate of drug-likeness (QED) is 0.600. The Hall–Kier alpha value is -0.843. The summed E-state index contributed by atoms with van der Waals surface area (Å²) in [4.78, 5) is 21.5. The highest BCUT2D eigenvalue weighted by molar-refractivity contribution is 6.28. The van der Waals surface area contributed by atoms with Crippen LogP contribution in [-0.4, -0.2) is 32.4 Å². The van der Waals surface area contributed by atoms with Gasteiger partial charge in [-0.1, -0.05) is 6.92 Å². The summed E-state index contributed by atoms with van der Waals surface area (Å²) in [5, 5.41) is 16.5. The van der Waals surface area contributed by atoms with Crippen LogP contribution in [0.5, 0.6) is 0 Å². The number of carboxylic acids is 2. The van der Waals surface area contributed by atoms with Crippen LogP contribution < -0.4 is 0 Å². The van der Waals surface area contributed by atoms with E-state index in [4.69, 9.17) is 10.2 Å². The first kappa shape index (κ1) is 11.2. The third-order valence-corrected chi connectivity index (χ3v) is 4.31. The predicted molar refractivity (Wildman–Crippen MR) is 47.4 cm³/mol. The standard InChI is InChI=1S/C7H14O4Si/c1-6(2,4(8)9)7(3,12)5(10)11/h1-3,12H3,(H,8,9)(H,10,11). The molecule has 0 aliphatic heterocycles. The Balaban J connectivity index is 5.01. The summed E-state index contributed by atoms with van der Waals surface area (Å²) in [5.74, 6) is -2.11. The summed E-state index contributed by atoms with van der Waals surface area (Å²) < 4.78 is 0. The largest absolute Gasteiger partial charge is 0.481 e. The molecule has 5 heteroatoms. The number of carboxylic acid groups (broad SMARTS) is 2. The highest BCUT2D eigenvalue weighted by Gasteiger charge is 2.48. The molecule has 0 rings (SSSR count). The van der Waals surface area contributed by atoms with Crippen LogP contribution in [0.1, 0.15) is 20.8 Å². The van der Waals surface area contributed by atoms with E-state index in [9.17, 15) is 9.59 Å². The van der Waals surface area contributed by atoms with Gasteiger partial charge in [-0.3, -0.25) is 9.59 Å². The average Bonchev–Trinajstić information content (AvgIpc) is 1.86. The summed E-state index contributed by atoms with van der Waals surface area (Å²) in [6, 6.07) is 0. The molecule has 0 aromatic rings. The Kier molecular flexibility index (Phi) is 2.69. The van der Waals surface area contributed by atoms with Crippen molar-refractivity contribution in [1.82, 2.24) is 0 Å². The molecule has 0 bridgehead atoms. The monoisotopic (exact) mass is 190 g/mol. The summed E-state index contributed by atoms with van der Waals surface area (Å²) in [6.45, 7) is 4.35. The van der Waals surface area contributed by atoms with Gasteiger partial charge in [0.2, 0.25) is 0 Å². The molecule has 4 nitrogen and oxygen atoms in total. The van der Waals surface area contributed by atoms with Gasteiger partial charge >= 0.3 is 11.9 Å². The Morgan fingerprint density at radius 3 is 1.50 bits per heavy atom. The lowest BCUT2D eigenvalue weighted by Crippen LogP contribution is -2.42. The van der Waals surface area contributed by atoms with Crippen LogP contribution in [0.2, 0.25) is 5.04 Å². The summed E-state index contributed by atoms with van der Waals surface area (Å²) in [5.41, 5.74) is -1.20. The molecule has 0 amide bonds. The molecule has 70 valence electrons. The van der Waals surface area contributed by atoms with Gasteiger partial charge in [0.05, 0.1) is 10.5 Å². The SMILES string of the molecule is CC(C)(C(=O)O)C(C)([SiH3])C(=O)O. The summed E-state index contributed by atoms with van der Waals surface area (Å²) >= 11 is 0. The number of hydrogen-bond donors (Lipinski definition) is 2. The molecule has 0 radical (unpaired) electrons. The zero-order chi connectivity index (χ0) is 10.2. The van der Waals surface area contributed by atoms with E-state index in [2.05, 4.69) is 0 Å². The van der Waals surface area contributed by atoms with Gasteiger partial charge in [0.1, 0.15) is 0 Å². The van der Waals surface area contributed by atoms with Crippen LogP contribution >= 0.6 is 0 Å². The third-order valence-electron chi connectivity index (χ3n) is 2.63. The van der Waals surface area contributed by atoms with Gasteiger partial charge in [0.15, 0.2) is 0 Å². The van der Waals surface area contributed by atoms with Crippen molar-refractivity contribution < 1.29 is 19.8 Å². The molecule has 0 heterocycles. The summed E-state index contributed by atoms with van der Waals surface area (Å²) in [6.07, 6.45) is 0. The Morgan fingerprint density at radius 2 is 1.42 bits per heavy atom. The maximum absolute atomic E-state index is 10.7. The van der Waals surface area contributed by atoms with Crippen LogP contribution in [-0.2, 0) is 9.59 Å². The molecular formula is C7H14O4Si. The minimum absolute atomic E-state index is 0.309. The third kappa shape index (κ3) is 1.50. The highest BCUT2D eigenvalue weighted by atomic mass is 28.1. The smallest absolute Gasteiger partial charge is 0.309 e. The molecule has 2 N–H and O–H groups in total. The van der Waals surface area contributed by atoms with Crippen LogP contribution in [0.15, 0.2) is 0 Å². The first-order valence-electron chi connectivity index (χ1n) is 3.61. The molecule has 0 aromatic heterocycles. The lowest BCUT2D eigenvalue weighted by molar-refractivity contribution is -0.157. The molecule has 0 aliphatic carbocycles. The topological polar surface area (TPSA) is 74.6 Å². The fourth-order valence-corrected chi connectivity index (χ4v) is 0.749. The van der Waals surface area contributed by atoms with Gasteiger partial charge in [-0.2, -0.15) is 0 Å². The first-order valence-corrected chi connectivity index (χ1v) is 4.61. The van der Waals surface area contributed by atoms with Gasteiger partial charge in [-0.25, -0.2) is 0 Å². The zero-order valence-electron chi connectivity index (χ0n) is 7.71. The van der Waals surface area contributed by atoms with E-state index in [0.717, 1.165) is 0 Å². The van der Waals surface area contributed by atoms with Gasteiger partial charge in [-0.15, -0.1) is 0 Å². The Labute approximate surface area is 74.0 Å². The second-order valence-corrected chi connectivity index (χ2v) is 5.86. The van der Waals surface area contributed by atoms with Gasteiger partial charge < -0.3 is 10.2 Å². The fourth-order valence-electron chi connectivity index (χ4n) is 0.535. The van der Waals surface area contributed by atoms with E-state index < -0.39 is 22.4 Å². The van der Waals surface area contributed by atoms with Gasteiger partial charge in [-0.05, 0) is 13.8 Å². The van der Waals surface area contributed by atoms with Crippen LogP contribution in [0, 0.1) is 5.41 Å². The van der Waals surface area contributed by atoms with Crippen molar-refractivity contribution in [3.05, 3.63) is 0 Å². The molecule has 0 aliphatic rings. The Morgan fingerprint density at radius 1 is 1.08 bits per heavy atom. The highest BCUT2D eigenvalue weighted by Crippen LogP contribution is 2.42. The van der Waals surface area contributed by atoms with Crippen molar-refractivity contribution >= 4 is 22.2 Å². The van der Waals surface area contributed by atoms with Crippen molar-refractivity contribution in [2.45, 2.75) is 25.8 Å². The molecule has 1 atom stereocenters. The van der Waals surface area contributed by atoms with Crippen molar-refractivity contribution in [1.29, 1.82) is 0 Å². The molecule has 1 unspecified atom stereocenters. The molecule has 12 heavy (non-hydrogen) atoms. The fraction of sp³-hybridized carbons (Fsp3) is 0.714. The van der Waals surface area contributed by atoms with E-state index in [0.29, 0.717) is 10.2 Å². The lowest BCUT2D eigenvalue weighted by atomic mass is 9.79. The average molecular weight is 190 g/mol. The number of carbonyl (C=O) groups is 2. The van der Waals surface area contributed by atoms with Crippen molar-refractivity contribution in [2.24, 2.45) is 5.41 Å². The maximum Gasteiger partial charge on any atom is 0.309 e. The minimum Gasteiger partial charge on any atom is -0.481 e. The second-order valence-electron chi connectivity index (χ2n) is 3.86. The second kappa shape index (κ2) is 2.89. The Bertz CT molecular complexity index is 195. The van der Waals surface area contributed by atoms with E-state index in [1.54, 1.807) is 0 Å². The molecule has 0 saturated heterocycles. The zero-order valence-corrected chi connectivity index (χ0v) is 9.71. The molecule has 0 fully saturated rings. The van der Waals surface area contributed by atoms with E-state index in [1.165, 1.54) is 20.8 Å². The first-order chi connectivity index (χ1) is 5.14. The van der Waals surface area contributed by atoms with Gasteiger partial charge in [0, 0.05) is 10.2 Å². The van der Waals surface area contributed by atoms with Crippen LogP contribution in [0.4, 0.5) is 0 Å². The van der Waals surface area contributed by atoms with E-state index in [1.807, 2.05) is 0 Å². The van der Waals surface area contributed by atoms with Crippen molar-refractivity contribution in [3.63, 3.8) is 0 Å². The van der Waals surface area contributed by atoms with Crippen LogP contribution in [0.3, 0.4) is 0 Å². The van der Waals surface area contributed by atoms with Crippen molar-refractivity contribution in [2.75, 3.05) is 0 Å².